The molecule has 0 spiro atoms. The van der Waals surface area contributed by atoms with Crippen LogP contribution in [0.15, 0.2) is 53.7 Å². The van der Waals surface area contributed by atoms with Crippen molar-refractivity contribution in [2.75, 3.05) is 24.5 Å². The first kappa shape index (κ1) is 21.9. The molecule has 2 aliphatic heterocycles. The highest BCUT2D eigenvalue weighted by atomic mass is 32.2. The van der Waals surface area contributed by atoms with Gasteiger partial charge < -0.3 is 9.47 Å². The Morgan fingerprint density at radius 1 is 1.00 bits per heavy atom. The fourth-order valence-corrected chi connectivity index (χ4v) is 6.58. The summed E-state index contributed by atoms with van der Waals surface area (Å²) in [5, 5.41) is 0. The average Bonchev–Trinajstić information content (AvgIpc) is 3.39. The number of nitrogens with zero attached hydrogens (tertiary/aromatic N) is 4. The SMILES string of the molecule is Cc1cc(C(=O)N2CCc3cc(S(=O)(=O)N4CCCCC4)ccc32)c(C)n1-c1cccnc1. The number of piperidine rings is 1. The van der Waals surface area contributed by atoms with Gasteiger partial charge in [-0.2, -0.15) is 4.31 Å². The average molecular weight is 465 g/mol. The van der Waals surface area contributed by atoms with E-state index in [4.69, 9.17) is 0 Å². The molecular formula is C25H28N4O3S. The smallest absolute Gasteiger partial charge is 0.260 e. The number of pyridine rings is 1. The van der Waals surface area contributed by atoms with Crippen LogP contribution in [0, 0.1) is 13.8 Å². The number of hydrogen-bond acceptors (Lipinski definition) is 4. The number of amides is 1. The number of carbonyl (C=O) groups is 1. The largest absolute Gasteiger partial charge is 0.316 e. The first-order valence-electron chi connectivity index (χ1n) is 11.4. The van der Waals surface area contributed by atoms with E-state index in [1.165, 1.54) is 0 Å². The molecule has 2 aliphatic rings. The van der Waals surface area contributed by atoms with Gasteiger partial charge in [-0.1, -0.05) is 6.42 Å². The van der Waals surface area contributed by atoms with Crippen LogP contribution in [0.3, 0.4) is 0 Å². The van der Waals surface area contributed by atoms with Crippen LogP contribution in [-0.4, -0.2) is 47.8 Å². The molecule has 0 unspecified atom stereocenters. The van der Waals surface area contributed by atoms with Gasteiger partial charge in [-0.05, 0) is 75.1 Å². The van der Waals surface area contributed by atoms with Crippen molar-refractivity contribution < 1.29 is 13.2 Å². The van der Waals surface area contributed by atoms with Gasteiger partial charge in [0.05, 0.1) is 22.3 Å². The van der Waals surface area contributed by atoms with Gasteiger partial charge in [-0.3, -0.25) is 9.78 Å². The number of aromatic nitrogens is 2. The maximum atomic E-state index is 13.5. The molecule has 0 aliphatic carbocycles. The lowest BCUT2D eigenvalue weighted by atomic mass is 10.1. The van der Waals surface area contributed by atoms with Gasteiger partial charge in [0.2, 0.25) is 10.0 Å². The van der Waals surface area contributed by atoms with Crippen molar-refractivity contribution in [3.05, 3.63) is 71.3 Å². The molecule has 0 N–H and O–H groups in total. The van der Waals surface area contributed by atoms with E-state index in [0.717, 1.165) is 47.6 Å². The molecule has 172 valence electrons. The Hall–Kier alpha value is -2.97. The fourth-order valence-electron chi connectivity index (χ4n) is 5.01. The standard InChI is InChI=1S/C25H28N4O3S/c1-18-15-23(19(2)29(18)21-7-6-11-26-17-21)25(30)28-14-10-20-16-22(8-9-24(20)28)33(31,32)27-12-4-3-5-13-27/h6-9,11,15-17H,3-5,10,12-14H2,1-2H3. The van der Waals surface area contributed by atoms with Crippen LogP contribution in [0.5, 0.6) is 0 Å². The molecule has 7 nitrogen and oxygen atoms in total. The number of sulfonamides is 1. The maximum absolute atomic E-state index is 13.5. The molecule has 0 radical (unpaired) electrons. The number of fused-ring (bicyclic) bond motifs is 1. The van der Waals surface area contributed by atoms with Crippen LogP contribution in [0.25, 0.3) is 5.69 Å². The summed E-state index contributed by atoms with van der Waals surface area (Å²) in [6, 6.07) is 11.0. The Morgan fingerprint density at radius 2 is 1.79 bits per heavy atom. The number of carbonyl (C=O) groups excluding carboxylic acids is 1. The zero-order chi connectivity index (χ0) is 23.2. The van der Waals surface area contributed by atoms with Crippen LogP contribution in [0.1, 0.15) is 46.6 Å². The molecule has 5 rings (SSSR count). The molecule has 8 heteroatoms. The molecule has 4 heterocycles. The van der Waals surface area contributed by atoms with Crippen molar-refractivity contribution in [1.82, 2.24) is 13.9 Å². The Labute approximate surface area is 194 Å². The third-order valence-electron chi connectivity index (χ3n) is 6.71. The van der Waals surface area contributed by atoms with Crippen LogP contribution in [0.4, 0.5) is 5.69 Å². The first-order valence-corrected chi connectivity index (χ1v) is 12.9. The summed E-state index contributed by atoms with van der Waals surface area (Å²) >= 11 is 0. The number of benzene rings is 1. The van der Waals surface area contributed by atoms with E-state index in [1.807, 2.05) is 36.6 Å². The second kappa shape index (κ2) is 8.43. The summed E-state index contributed by atoms with van der Waals surface area (Å²) in [6.45, 7) is 5.62. The molecule has 1 saturated heterocycles. The molecule has 3 aromatic rings. The second-order valence-electron chi connectivity index (χ2n) is 8.79. The predicted molar refractivity (Wildman–Crippen MR) is 127 cm³/mol. The third-order valence-corrected chi connectivity index (χ3v) is 8.60. The van der Waals surface area contributed by atoms with Gasteiger partial charge in [0.25, 0.3) is 5.91 Å². The highest BCUT2D eigenvalue weighted by Gasteiger charge is 2.31. The minimum absolute atomic E-state index is 0.0661. The number of anilines is 1. The van der Waals surface area contributed by atoms with E-state index in [1.54, 1.807) is 39.8 Å². The summed E-state index contributed by atoms with van der Waals surface area (Å²) in [5.41, 5.74) is 5.09. The van der Waals surface area contributed by atoms with Gasteiger partial charge in [0.15, 0.2) is 0 Å². The van der Waals surface area contributed by atoms with E-state index in [2.05, 4.69) is 4.98 Å². The summed E-state index contributed by atoms with van der Waals surface area (Å²) in [5.74, 6) is -0.0661. The van der Waals surface area contributed by atoms with Crippen molar-refractivity contribution in [1.29, 1.82) is 0 Å². The van der Waals surface area contributed by atoms with E-state index in [9.17, 15) is 13.2 Å². The minimum Gasteiger partial charge on any atom is -0.316 e. The van der Waals surface area contributed by atoms with Crippen molar-refractivity contribution in [2.45, 2.75) is 44.4 Å². The summed E-state index contributed by atoms with van der Waals surface area (Å²) in [6.07, 6.45) is 7.04. The minimum atomic E-state index is -3.49. The molecule has 0 bridgehead atoms. The number of hydrogen-bond donors (Lipinski definition) is 0. The monoisotopic (exact) mass is 464 g/mol. The highest BCUT2D eigenvalue weighted by molar-refractivity contribution is 7.89. The molecule has 0 atom stereocenters. The molecular weight excluding hydrogens is 436 g/mol. The van der Waals surface area contributed by atoms with Gasteiger partial charge in [-0.25, -0.2) is 8.42 Å². The maximum Gasteiger partial charge on any atom is 0.260 e. The molecule has 33 heavy (non-hydrogen) atoms. The quantitative estimate of drug-likeness (QED) is 0.588. The first-order chi connectivity index (χ1) is 15.9. The number of rotatable bonds is 4. The summed E-state index contributed by atoms with van der Waals surface area (Å²) in [7, 11) is -3.49. The normalized spacial score (nSPS) is 16.7. The van der Waals surface area contributed by atoms with Crippen molar-refractivity contribution in [3.8, 4) is 5.69 Å². The van der Waals surface area contributed by atoms with E-state index in [-0.39, 0.29) is 5.91 Å². The summed E-state index contributed by atoms with van der Waals surface area (Å²) < 4.78 is 29.8. The zero-order valence-electron chi connectivity index (χ0n) is 19.0. The van der Waals surface area contributed by atoms with Crippen molar-refractivity contribution in [2.24, 2.45) is 0 Å². The van der Waals surface area contributed by atoms with Crippen LogP contribution < -0.4 is 4.90 Å². The second-order valence-corrected chi connectivity index (χ2v) is 10.7. The van der Waals surface area contributed by atoms with E-state index < -0.39 is 10.0 Å². The van der Waals surface area contributed by atoms with Crippen LogP contribution >= 0.6 is 0 Å². The van der Waals surface area contributed by atoms with Gasteiger partial charge in [0, 0.05) is 42.9 Å². The van der Waals surface area contributed by atoms with Gasteiger partial charge in [0.1, 0.15) is 0 Å². The molecule has 0 saturated carbocycles. The number of aryl methyl sites for hydroxylation is 1. The Balaban J connectivity index is 1.44. The van der Waals surface area contributed by atoms with Gasteiger partial charge >= 0.3 is 0 Å². The van der Waals surface area contributed by atoms with Crippen LogP contribution in [0.2, 0.25) is 0 Å². The highest BCUT2D eigenvalue weighted by Crippen LogP contribution is 2.34. The lowest BCUT2D eigenvalue weighted by Gasteiger charge is -2.26. The zero-order valence-corrected chi connectivity index (χ0v) is 19.8. The predicted octanol–water partition coefficient (Wildman–Crippen LogP) is 3.87. The lowest BCUT2D eigenvalue weighted by Crippen LogP contribution is -2.35. The Kier molecular flexibility index (Phi) is 5.58. The Morgan fingerprint density at radius 3 is 2.52 bits per heavy atom. The molecule has 1 amide bonds. The van der Waals surface area contributed by atoms with Crippen molar-refractivity contribution >= 4 is 21.6 Å². The molecule has 2 aromatic heterocycles. The topological polar surface area (TPSA) is 75.5 Å². The fraction of sp³-hybridized carbons (Fsp3) is 0.360. The molecule has 1 aromatic carbocycles. The van der Waals surface area contributed by atoms with E-state index in [0.29, 0.717) is 36.5 Å². The third kappa shape index (κ3) is 3.77. The lowest BCUT2D eigenvalue weighted by molar-refractivity contribution is 0.0989. The van der Waals surface area contributed by atoms with E-state index >= 15 is 0 Å². The summed E-state index contributed by atoms with van der Waals surface area (Å²) in [4.78, 5) is 19.8. The molecule has 1 fully saturated rings. The van der Waals surface area contributed by atoms with Crippen molar-refractivity contribution in [3.63, 3.8) is 0 Å². The Bertz CT molecular complexity index is 1310. The van der Waals surface area contributed by atoms with Gasteiger partial charge in [-0.15, -0.1) is 0 Å². The van der Waals surface area contributed by atoms with Crippen LogP contribution in [-0.2, 0) is 16.4 Å².